The van der Waals surface area contributed by atoms with Gasteiger partial charge in [0.05, 0.1) is 17.2 Å². The molecule has 2 aromatic carbocycles. The van der Waals surface area contributed by atoms with E-state index >= 15 is 0 Å². The maximum Gasteiger partial charge on any atom is 0.198 e. The quantitative estimate of drug-likeness (QED) is 0.769. The van der Waals surface area contributed by atoms with E-state index in [1.54, 1.807) is 36.4 Å². The number of para-hydroxylation sites is 1. The molecule has 0 atom stereocenters. The Kier molecular flexibility index (Phi) is 4.46. The zero-order valence-electron chi connectivity index (χ0n) is 10.3. The smallest absolute Gasteiger partial charge is 0.198 e. The van der Waals surface area contributed by atoms with Crippen molar-refractivity contribution in [3.05, 3.63) is 63.6 Å². The summed E-state index contributed by atoms with van der Waals surface area (Å²) in [5.41, 5.74) is 0.856. The second kappa shape index (κ2) is 6.09. The normalized spacial score (nSPS) is 10.3. The van der Waals surface area contributed by atoms with Crippen LogP contribution in [0.25, 0.3) is 0 Å². The minimum Gasteiger partial charge on any atom is -0.493 e. The average molecular weight is 295 g/mol. The first-order chi connectivity index (χ1) is 9.13. The van der Waals surface area contributed by atoms with Crippen LogP contribution in [-0.2, 0) is 0 Å². The SMILES string of the molecule is CCOc1ccccc1C(=O)c1cc(Cl)ccc1Cl. The third-order valence-electron chi connectivity index (χ3n) is 2.60. The Bertz CT molecular complexity index is 609. The highest BCUT2D eigenvalue weighted by Gasteiger charge is 2.17. The summed E-state index contributed by atoms with van der Waals surface area (Å²) in [5, 5.41) is 0.849. The van der Waals surface area contributed by atoms with E-state index in [0.29, 0.717) is 33.5 Å². The predicted octanol–water partition coefficient (Wildman–Crippen LogP) is 4.62. The Morgan fingerprint density at radius 1 is 1.11 bits per heavy atom. The number of carbonyl (C=O) groups is 1. The van der Waals surface area contributed by atoms with Crippen LogP contribution in [0.4, 0.5) is 0 Å². The van der Waals surface area contributed by atoms with Crippen LogP contribution in [0.3, 0.4) is 0 Å². The van der Waals surface area contributed by atoms with E-state index in [4.69, 9.17) is 27.9 Å². The summed E-state index contributed by atoms with van der Waals surface area (Å²) in [6, 6.07) is 11.9. The summed E-state index contributed by atoms with van der Waals surface area (Å²) < 4.78 is 5.45. The first-order valence-corrected chi connectivity index (χ1v) is 6.60. The highest BCUT2D eigenvalue weighted by molar-refractivity contribution is 6.36. The van der Waals surface area contributed by atoms with Crippen LogP contribution < -0.4 is 4.74 Å². The van der Waals surface area contributed by atoms with E-state index < -0.39 is 0 Å². The summed E-state index contributed by atoms with van der Waals surface area (Å²) in [6.07, 6.45) is 0. The third-order valence-corrected chi connectivity index (χ3v) is 3.17. The highest BCUT2D eigenvalue weighted by Crippen LogP contribution is 2.27. The van der Waals surface area contributed by atoms with Gasteiger partial charge in [-0.2, -0.15) is 0 Å². The van der Waals surface area contributed by atoms with Crippen LogP contribution in [0, 0.1) is 0 Å². The van der Waals surface area contributed by atoms with Crippen LogP contribution in [0.2, 0.25) is 10.0 Å². The number of hydrogen-bond donors (Lipinski definition) is 0. The van der Waals surface area contributed by atoms with Crippen LogP contribution in [-0.4, -0.2) is 12.4 Å². The molecule has 0 bridgehead atoms. The maximum absolute atomic E-state index is 12.5. The number of rotatable bonds is 4. The number of hydrogen-bond acceptors (Lipinski definition) is 2. The molecule has 0 aliphatic rings. The average Bonchev–Trinajstić information content (AvgIpc) is 2.42. The molecule has 0 heterocycles. The molecule has 19 heavy (non-hydrogen) atoms. The van der Waals surface area contributed by atoms with Crippen LogP contribution >= 0.6 is 23.2 Å². The zero-order valence-corrected chi connectivity index (χ0v) is 11.8. The number of benzene rings is 2. The van der Waals surface area contributed by atoms with Gasteiger partial charge in [0.2, 0.25) is 0 Å². The molecule has 0 unspecified atom stereocenters. The summed E-state index contributed by atoms with van der Waals surface area (Å²) >= 11 is 12.0. The molecule has 0 aliphatic heterocycles. The van der Waals surface area contributed by atoms with Gasteiger partial charge in [-0.05, 0) is 37.3 Å². The van der Waals surface area contributed by atoms with Gasteiger partial charge in [0.25, 0.3) is 0 Å². The standard InChI is InChI=1S/C15H12Cl2O2/c1-2-19-14-6-4-3-5-11(14)15(18)12-9-10(16)7-8-13(12)17/h3-9H,2H2,1H3. The molecule has 0 aliphatic carbocycles. The molecular weight excluding hydrogens is 283 g/mol. The Hall–Kier alpha value is -1.51. The van der Waals surface area contributed by atoms with Crippen LogP contribution in [0.5, 0.6) is 5.75 Å². The van der Waals surface area contributed by atoms with Crippen LogP contribution in [0.1, 0.15) is 22.8 Å². The molecule has 2 rings (SSSR count). The molecule has 2 nitrogen and oxygen atoms in total. The zero-order chi connectivity index (χ0) is 13.8. The second-order valence-corrected chi connectivity index (χ2v) is 4.73. The van der Waals surface area contributed by atoms with Crippen molar-refractivity contribution in [1.82, 2.24) is 0 Å². The van der Waals surface area contributed by atoms with E-state index in [1.165, 1.54) is 0 Å². The molecule has 0 fully saturated rings. The van der Waals surface area contributed by atoms with Crippen molar-refractivity contribution in [2.45, 2.75) is 6.92 Å². The van der Waals surface area contributed by atoms with E-state index in [9.17, 15) is 4.79 Å². The Morgan fingerprint density at radius 3 is 2.58 bits per heavy atom. The fourth-order valence-electron chi connectivity index (χ4n) is 1.75. The lowest BCUT2D eigenvalue weighted by Crippen LogP contribution is -2.06. The van der Waals surface area contributed by atoms with Gasteiger partial charge in [0, 0.05) is 10.6 Å². The van der Waals surface area contributed by atoms with E-state index in [-0.39, 0.29) is 5.78 Å². The summed E-state index contributed by atoms with van der Waals surface area (Å²) in [5.74, 6) is 0.350. The predicted molar refractivity (Wildman–Crippen MR) is 77.5 cm³/mol. The van der Waals surface area contributed by atoms with E-state index in [0.717, 1.165) is 0 Å². The fourth-order valence-corrected chi connectivity index (χ4v) is 2.13. The van der Waals surface area contributed by atoms with Gasteiger partial charge in [-0.15, -0.1) is 0 Å². The molecule has 0 spiro atoms. The molecule has 4 heteroatoms. The Morgan fingerprint density at radius 2 is 1.84 bits per heavy atom. The van der Waals surface area contributed by atoms with Crippen molar-refractivity contribution < 1.29 is 9.53 Å². The highest BCUT2D eigenvalue weighted by atomic mass is 35.5. The minimum absolute atomic E-state index is 0.198. The lowest BCUT2D eigenvalue weighted by atomic mass is 10.0. The van der Waals surface area contributed by atoms with Gasteiger partial charge in [-0.25, -0.2) is 0 Å². The molecular formula is C15H12Cl2O2. The Labute approximate surface area is 121 Å². The molecule has 0 N–H and O–H groups in total. The van der Waals surface area contributed by atoms with Gasteiger partial charge in [-0.3, -0.25) is 4.79 Å². The molecule has 0 saturated heterocycles. The van der Waals surface area contributed by atoms with Crippen molar-refractivity contribution in [2.24, 2.45) is 0 Å². The van der Waals surface area contributed by atoms with Gasteiger partial charge < -0.3 is 4.74 Å². The molecule has 0 aromatic heterocycles. The van der Waals surface area contributed by atoms with Gasteiger partial charge in [-0.1, -0.05) is 35.3 Å². The van der Waals surface area contributed by atoms with Crippen molar-refractivity contribution in [3.8, 4) is 5.75 Å². The maximum atomic E-state index is 12.5. The molecule has 2 aromatic rings. The number of halogens is 2. The first-order valence-electron chi connectivity index (χ1n) is 5.85. The summed E-state index contributed by atoms with van der Waals surface area (Å²) in [4.78, 5) is 12.5. The fraction of sp³-hybridized carbons (Fsp3) is 0.133. The van der Waals surface area contributed by atoms with E-state index in [2.05, 4.69) is 0 Å². The lowest BCUT2D eigenvalue weighted by Gasteiger charge is -2.10. The minimum atomic E-state index is -0.198. The topological polar surface area (TPSA) is 26.3 Å². The summed E-state index contributed by atoms with van der Waals surface area (Å²) in [6.45, 7) is 2.36. The van der Waals surface area contributed by atoms with Crippen molar-refractivity contribution >= 4 is 29.0 Å². The third kappa shape index (κ3) is 3.09. The van der Waals surface area contributed by atoms with Crippen LogP contribution in [0.15, 0.2) is 42.5 Å². The van der Waals surface area contributed by atoms with Gasteiger partial charge >= 0.3 is 0 Å². The van der Waals surface area contributed by atoms with Gasteiger partial charge in [0.15, 0.2) is 5.78 Å². The molecule has 0 radical (unpaired) electrons. The first kappa shape index (κ1) is 13.9. The monoisotopic (exact) mass is 294 g/mol. The number of ketones is 1. The molecule has 0 amide bonds. The second-order valence-electron chi connectivity index (χ2n) is 3.88. The van der Waals surface area contributed by atoms with Crippen molar-refractivity contribution in [2.75, 3.05) is 6.61 Å². The largest absolute Gasteiger partial charge is 0.493 e. The number of ether oxygens (including phenoxy) is 1. The Balaban J connectivity index is 2.47. The molecule has 98 valence electrons. The summed E-state index contributed by atoms with van der Waals surface area (Å²) in [7, 11) is 0. The van der Waals surface area contributed by atoms with Crippen molar-refractivity contribution in [1.29, 1.82) is 0 Å². The number of carbonyl (C=O) groups excluding carboxylic acids is 1. The van der Waals surface area contributed by atoms with E-state index in [1.807, 2.05) is 13.0 Å². The molecule has 0 saturated carbocycles. The van der Waals surface area contributed by atoms with Crippen molar-refractivity contribution in [3.63, 3.8) is 0 Å². The lowest BCUT2D eigenvalue weighted by molar-refractivity contribution is 0.103. The van der Waals surface area contributed by atoms with Gasteiger partial charge in [0.1, 0.15) is 5.75 Å².